The van der Waals surface area contributed by atoms with Crippen LogP contribution >= 0.6 is 0 Å². The van der Waals surface area contributed by atoms with Crippen LogP contribution in [0.25, 0.3) is 0 Å². The SMILES string of the molecule is Cc1nc(Nc2ccc(NC(=O)Cc3c(C)noc3C)cc2)cc(N2CCOCC2)n1. The minimum atomic E-state index is -0.114. The van der Waals surface area contributed by atoms with Gasteiger partial charge in [-0.25, -0.2) is 9.97 Å². The minimum absolute atomic E-state index is 0.114. The molecule has 0 aliphatic carbocycles. The van der Waals surface area contributed by atoms with Crippen molar-refractivity contribution in [2.75, 3.05) is 41.8 Å². The van der Waals surface area contributed by atoms with Crippen molar-refractivity contribution in [1.82, 2.24) is 15.1 Å². The summed E-state index contributed by atoms with van der Waals surface area (Å²) in [5, 5.41) is 10.1. The number of ether oxygens (including phenoxy) is 1. The van der Waals surface area contributed by atoms with Crippen LogP contribution in [0.5, 0.6) is 0 Å². The zero-order valence-electron chi connectivity index (χ0n) is 17.9. The Hall–Kier alpha value is -3.46. The Morgan fingerprint density at radius 1 is 1.06 bits per heavy atom. The van der Waals surface area contributed by atoms with Crippen LogP contribution in [-0.2, 0) is 16.0 Å². The van der Waals surface area contributed by atoms with Crippen LogP contribution in [0.2, 0.25) is 0 Å². The first-order valence-corrected chi connectivity index (χ1v) is 10.2. The highest BCUT2D eigenvalue weighted by molar-refractivity contribution is 5.92. The molecule has 1 fully saturated rings. The van der Waals surface area contributed by atoms with Crippen LogP contribution < -0.4 is 15.5 Å². The molecule has 4 rings (SSSR count). The second kappa shape index (κ2) is 9.13. The molecule has 3 aromatic rings. The number of anilines is 4. The van der Waals surface area contributed by atoms with E-state index in [0.29, 0.717) is 24.8 Å². The Bertz CT molecular complexity index is 1040. The van der Waals surface area contributed by atoms with Gasteiger partial charge in [-0.1, -0.05) is 5.16 Å². The number of aryl methyl sites for hydroxylation is 3. The van der Waals surface area contributed by atoms with Crippen molar-refractivity contribution >= 4 is 28.9 Å². The van der Waals surface area contributed by atoms with Gasteiger partial charge in [-0.05, 0) is 45.0 Å². The number of rotatable bonds is 6. The highest BCUT2D eigenvalue weighted by atomic mass is 16.5. The first-order valence-electron chi connectivity index (χ1n) is 10.2. The molecule has 0 radical (unpaired) electrons. The van der Waals surface area contributed by atoms with Crippen LogP contribution in [0.1, 0.15) is 22.8 Å². The van der Waals surface area contributed by atoms with Gasteiger partial charge in [0, 0.05) is 36.1 Å². The fourth-order valence-electron chi connectivity index (χ4n) is 3.48. The molecule has 1 saturated heterocycles. The molecule has 162 valence electrons. The van der Waals surface area contributed by atoms with Gasteiger partial charge in [0.2, 0.25) is 5.91 Å². The number of carbonyl (C=O) groups excluding carboxylic acids is 1. The third-order valence-electron chi connectivity index (χ3n) is 5.12. The van der Waals surface area contributed by atoms with Gasteiger partial charge in [0.1, 0.15) is 23.2 Å². The molecule has 1 aliphatic rings. The molecule has 1 amide bonds. The van der Waals surface area contributed by atoms with E-state index in [1.807, 2.05) is 51.1 Å². The summed E-state index contributed by atoms with van der Waals surface area (Å²) >= 11 is 0. The normalized spacial score (nSPS) is 13.8. The third-order valence-corrected chi connectivity index (χ3v) is 5.12. The molecule has 0 atom stereocenters. The van der Waals surface area contributed by atoms with E-state index >= 15 is 0 Å². The quantitative estimate of drug-likeness (QED) is 0.624. The summed E-state index contributed by atoms with van der Waals surface area (Å²) in [5.74, 6) is 2.88. The number of nitrogens with one attached hydrogen (secondary N) is 2. The molecule has 9 nitrogen and oxygen atoms in total. The van der Waals surface area contributed by atoms with Crippen LogP contribution in [0.15, 0.2) is 34.9 Å². The maximum absolute atomic E-state index is 12.4. The molecule has 31 heavy (non-hydrogen) atoms. The van der Waals surface area contributed by atoms with Gasteiger partial charge in [-0.15, -0.1) is 0 Å². The summed E-state index contributed by atoms with van der Waals surface area (Å²) in [4.78, 5) is 23.6. The number of hydrogen-bond acceptors (Lipinski definition) is 8. The van der Waals surface area contributed by atoms with E-state index < -0.39 is 0 Å². The minimum Gasteiger partial charge on any atom is -0.378 e. The molecule has 2 N–H and O–H groups in total. The van der Waals surface area contributed by atoms with Crippen LogP contribution in [0, 0.1) is 20.8 Å². The van der Waals surface area contributed by atoms with E-state index in [2.05, 4.69) is 30.7 Å². The van der Waals surface area contributed by atoms with Gasteiger partial charge in [0.25, 0.3) is 0 Å². The topological polar surface area (TPSA) is 105 Å². The Morgan fingerprint density at radius 2 is 1.77 bits per heavy atom. The van der Waals surface area contributed by atoms with Crippen molar-refractivity contribution in [1.29, 1.82) is 0 Å². The lowest BCUT2D eigenvalue weighted by Crippen LogP contribution is -2.36. The summed E-state index contributed by atoms with van der Waals surface area (Å²) in [6, 6.07) is 9.45. The van der Waals surface area contributed by atoms with E-state index in [1.165, 1.54) is 0 Å². The smallest absolute Gasteiger partial charge is 0.228 e. The van der Waals surface area contributed by atoms with Crippen LogP contribution in [0.4, 0.5) is 23.0 Å². The van der Waals surface area contributed by atoms with E-state index in [-0.39, 0.29) is 12.3 Å². The van der Waals surface area contributed by atoms with E-state index in [0.717, 1.165) is 47.4 Å². The zero-order valence-corrected chi connectivity index (χ0v) is 17.9. The molecule has 2 aromatic heterocycles. The Morgan fingerprint density at radius 3 is 2.45 bits per heavy atom. The predicted octanol–water partition coefficient (Wildman–Crippen LogP) is 3.15. The number of amides is 1. The number of benzene rings is 1. The highest BCUT2D eigenvalue weighted by Crippen LogP contribution is 2.22. The lowest BCUT2D eigenvalue weighted by atomic mass is 10.1. The fraction of sp³-hybridized carbons (Fsp3) is 0.364. The molecule has 0 bridgehead atoms. The lowest BCUT2D eigenvalue weighted by molar-refractivity contribution is -0.115. The summed E-state index contributed by atoms with van der Waals surface area (Å²) in [7, 11) is 0. The van der Waals surface area contributed by atoms with Gasteiger partial charge >= 0.3 is 0 Å². The molecule has 1 aliphatic heterocycles. The van der Waals surface area contributed by atoms with Crippen molar-refractivity contribution in [2.24, 2.45) is 0 Å². The van der Waals surface area contributed by atoms with Crippen molar-refractivity contribution in [3.8, 4) is 0 Å². The van der Waals surface area contributed by atoms with Gasteiger partial charge in [0.05, 0.1) is 25.3 Å². The summed E-state index contributed by atoms with van der Waals surface area (Å²) in [6.45, 7) is 8.56. The number of aromatic nitrogens is 3. The van der Waals surface area contributed by atoms with Gasteiger partial charge in [-0.2, -0.15) is 0 Å². The van der Waals surface area contributed by atoms with E-state index in [4.69, 9.17) is 9.26 Å². The second-order valence-electron chi connectivity index (χ2n) is 7.49. The molecule has 3 heterocycles. The first-order chi connectivity index (χ1) is 15.0. The third kappa shape index (κ3) is 5.18. The molecule has 9 heteroatoms. The lowest BCUT2D eigenvalue weighted by Gasteiger charge is -2.28. The number of nitrogens with zero attached hydrogens (tertiary/aromatic N) is 4. The average Bonchev–Trinajstić information content (AvgIpc) is 3.07. The first kappa shape index (κ1) is 20.8. The zero-order chi connectivity index (χ0) is 21.8. The van der Waals surface area contributed by atoms with Gasteiger partial charge in [-0.3, -0.25) is 4.79 Å². The van der Waals surface area contributed by atoms with Crippen LogP contribution in [0.3, 0.4) is 0 Å². The van der Waals surface area contributed by atoms with E-state index in [9.17, 15) is 4.79 Å². The fourth-order valence-corrected chi connectivity index (χ4v) is 3.48. The highest BCUT2D eigenvalue weighted by Gasteiger charge is 2.15. The molecule has 0 unspecified atom stereocenters. The van der Waals surface area contributed by atoms with Gasteiger partial charge < -0.3 is 24.8 Å². The van der Waals surface area contributed by atoms with Crippen molar-refractivity contribution < 1.29 is 14.1 Å². The maximum Gasteiger partial charge on any atom is 0.228 e. The summed E-state index contributed by atoms with van der Waals surface area (Å²) < 4.78 is 10.5. The Kier molecular flexibility index (Phi) is 6.13. The average molecular weight is 422 g/mol. The maximum atomic E-state index is 12.4. The number of carbonyl (C=O) groups is 1. The van der Waals surface area contributed by atoms with Crippen molar-refractivity contribution in [3.63, 3.8) is 0 Å². The van der Waals surface area contributed by atoms with Crippen molar-refractivity contribution in [2.45, 2.75) is 27.2 Å². The van der Waals surface area contributed by atoms with E-state index in [1.54, 1.807) is 0 Å². The summed E-state index contributed by atoms with van der Waals surface area (Å²) in [5.41, 5.74) is 3.15. The standard InChI is InChI=1S/C22H26N6O3/c1-14-19(15(2)31-27-14)12-22(29)26-18-6-4-17(5-7-18)25-20-13-21(24-16(3)23-20)28-8-10-30-11-9-28/h4-7,13H,8-12H2,1-3H3,(H,26,29)(H,23,24,25). The number of morpholine rings is 1. The predicted molar refractivity (Wildman–Crippen MR) is 118 cm³/mol. The molecule has 0 saturated carbocycles. The number of hydrogen-bond donors (Lipinski definition) is 2. The second-order valence-corrected chi connectivity index (χ2v) is 7.49. The summed E-state index contributed by atoms with van der Waals surface area (Å²) in [6.07, 6.45) is 0.228. The monoisotopic (exact) mass is 422 g/mol. The Balaban J connectivity index is 1.39. The molecular weight excluding hydrogens is 396 g/mol. The Labute approximate surface area is 180 Å². The molecule has 0 spiro atoms. The molecule has 1 aromatic carbocycles. The van der Waals surface area contributed by atoms with Gasteiger partial charge in [0.15, 0.2) is 0 Å². The van der Waals surface area contributed by atoms with Crippen LogP contribution in [-0.4, -0.2) is 47.3 Å². The molecular formula is C22H26N6O3. The largest absolute Gasteiger partial charge is 0.378 e. The van der Waals surface area contributed by atoms with Crippen molar-refractivity contribution in [3.05, 3.63) is 53.2 Å².